The van der Waals surface area contributed by atoms with E-state index in [9.17, 15) is 23.8 Å². The molecule has 9 heteroatoms. The van der Waals surface area contributed by atoms with E-state index in [-0.39, 0.29) is 17.4 Å². The summed E-state index contributed by atoms with van der Waals surface area (Å²) in [7, 11) is -10.8. The Morgan fingerprint density at radius 2 is 1.86 bits per heavy atom. The van der Waals surface area contributed by atoms with E-state index in [1.54, 1.807) is 6.08 Å². The number of rotatable bonds is 9. The molecule has 0 aliphatic heterocycles. The Morgan fingerprint density at radius 1 is 1.21 bits per heavy atom. The van der Waals surface area contributed by atoms with Crippen molar-refractivity contribution in [3.8, 4) is 0 Å². The van der Waals surface area contributed by atoms with E-state index >= 15 is 0 Å². The smallest absolute Gasteiger partial charge is 0.272 e. The molecule has 0 bridgehead atoms. The highest BCUT2D eigenvalue weighted by molar-refractivity contribution is 7.58. The van der Waals surface area contributed by atoms with Crippen molar-refractivity contribution in [2.75, 3.05) is 6.61 Å². The first-order valence-electron chi connectivity index (χ1n) is 10.2. The van der Waals surface area contributed by atoms with Crippen LogP contribution in [-0.4, -0.2) is 6.61 Å². The Kier molecular flexibility index (Phi) is 7.83. The zero-order chi connectivity index (χ0) is 22.1. The predicted octanol–water partition coefficient (Wildman–Crippen LogP) is 3.84. The van der Waals surface area contributed by atoms with Gasteiger partial charge in [-0.1, -0.05) is 44.1 Å². The van der Waals surface area contributed by atoms with Gasteiger partial charge in [0.2, 0.25) is 0 Å². The standard InChI is InChI=1S/C20H36O7P2/c1-15(2)20-11-6-7-18(20)19(5,17(4)9-13-20)12-8-16(3)10-14-26-29(24,25)27-28(21,22)23/h10,17-18H,1,6-9,11-14H2,2-5H3,(H,24,25)(H2,21,22,23)/p-3/b16-10+/t17-,18+,19-,20-/m1/s1. The van der Waals surface area contributed by atoms with Gasteiger partial charge in [-0.15, -0.1) is 0 Å². The molecule has 29 heavy (non-hydrogen) atoms. The molecule has 2 aliphatic rings. The van der Waals surface area contributed by atoms with E-state index in [2.05, 4.69) is 36.2 Å². The third-order valence-electron chi connectivity index (χ3n) is 7.50. The number of phosphoric ester groups is 1. The van der Waals surface area contributed by atoms with Gasteiger partial charge >= 0.3 is 0 Å². The van der Waals surface area contributed by atoms with Crippen molar-refractivity contribution in [3.63, 3.8) is 0 Å². The zero-order valence-electron chi connectivity index (χ0n) is 17.8. The predicted molar refractivity (Wildman–Crippen MR) is 106 cm³/mol. The highest BCUT2D eigenvalue weighted by atomic mass is 31.3. The number of fused-ring (bicyclic) bond motifs is 1. The van der Waals surface area contributed by atoms with Gasteiger partial charge in [0.25, 0.3) is 7.82 Å². The van der Waals surface area contributed by atoms with E-state index in [1.807, 2.05) is 6.92 Å². The first kappa shape index (κ1) is 25.0. The molecular formula is C20H33O7P2-3. The fraction of sp³-hybridized carbons (Fsp3) is 0.800. The van der Waals surface area contributed by atoms with Crippen LogP contribution in [0, 0.1) is 22.7 Å². The second-order valence-corrected chi connectivity index (χ2v) is 11.8. The molecule has 0 spiro atoms. The summed E-state index contributed by atoms with van der Waals surface area (Å²) in [4.78, 5) is 32.2. The van der Waals surface area contributed by atoms with Gasteiger partial charge in [0.15, 0.2) is 0 Å². The molecule has 7 nitrogen and oxygen atoms in total. The molecule has 0 heterocycles. The van der Waals surface area contributed by atoms with Crippen LogP contribution in [0.1, 0.15) is 72.6 Å². The maximum Gasteiger partial charge on any atom is 0.272 e. The van der Waals surface area contributed by atoms with Gasteiger partial charge in [0.05, 0.1) is 14.4 Å². The maximum atomic E-state index is 11.3. The largest absolute Gasteiger partial charge is 0.790 e. The van der Waals surface area contributed by atoms with Gasteiger partial charge in [-0.2, -0.15) is 0 Å². The van der Waals surface area contributed by atoms with E-state index < -0.39 is 15.6 Å². The van der Waals surface area contributed by atoms with E-state index in [0.717, 1.165) is 18.4 Å². The molecule has 0 aromatic carbocycles. The summed E-state index contributed by atoms with van der Waals surface area (Å²) in [6.45, 7) is 12.7. The van der Waals surface area contributed by atoms with Crippen LogP contribution in [0.15, 0.2) is 23.8 Å². The molecule has 1 unspecified atom stereocenters. The van der Waals surface area contributed by atoms with Crippen LogP contribution in [0.4, 0.5) is 0 Å². The van der Waals surface area contributed by atoms with Gasteiger partial charge < -0.3 is 23.8 Å². The van der Waals surface area contributed by atoms with Crippen LogP contribution in [0.2, 0.25) is 0 Å². The maximum absolute atomic E-state index is 11.3. The summed E-state index contributed by atoms with van der Waals surface area (Å²) in [5.41, 5.74) is 2.69. The average molecular weight is 447 g/mol. The lowest BCUT2D eigenvalue weighted by atomic mass is 9.50. The zero-order valence-corrected chi connectivity index (χ0v) is 19.6. The molecular weight excluding hydrogens is 414 g/mol. The Hall–Kier alpha value is -0.260. The van der Waals surface area contributed by atoms with Crippen molar-refractivity contribution >= 4 is 15.6 Å². The topological polar surface area (TPSA) is 122 Å². The third-order valence-corrected chi connectivity index (χ3v) is 9.57. The minimum Gasteiger partial charge on any atom is -0.790 e. The van der Waals surface area contributed by atoms with Gasteiger partial charge in [0.1, 0.15) is 0 Å². The quantitative estimate of drug-likeness (QED) is 0.389. The first-order valence-corrected chi connectivity index (χ1v) is 13.1. The van der Waals surface area contributed by atoms with Crippen LogP contribution in [-0.2, 0) is 18.0 Å². The van der Waals surface area contributed by atoms with Crippen LogP contribution < -0.4 is 14.7 Å². The second kappa shape index (κ2) is 9.08. The van der Waals surface area contributed by atoms with Crippen LogP contribution in [0.25, 0.3) is 0 Å². The number of allylic oxidation sites excluding steroid dienone is 2. The van der Waals surface area contributed by atoms with Gasteiger partial charge in [0, 0.05) is 0 Å². The van der Waals surface area contributed by atoms with Crippen molar-refractivity contribution in [2.24, 2.45) is 22.7 Å². The Balaban J connectivity index is 2.00. The number of hydrogen-bond acceptors (Lipinski definition) is 7. The molecule has 5 atom stereocenters. The van der Waals surface area contributed by atoms with Crippen LogP contribution >= 0.6 is 15.6 Å². The molecule has 2 fully saturated rings. The number of phosphoric acid groups is 2. The molecule has 0 N–H and O–H groups in total. The van der Waals surface area contributed by atoms with Crippen molar-refractivity contribution in [1.29, 1.82) is 0 Å². The monoisotopic (exact) mass is 447 g/mol. The van der Waals surface area contributed by atoms with E-state index in [4.69, 9.17) is 0 Å². The minimum atomic E-state index is -5.65. The van der Waals surface area contributed by atoms with Crippen LogP contribution in [0.3, 0.4) is 0 Å². The van der Waals surface area contributed by atoms with Gasteiger partial charge in [-0.05, 0) is 75.0 Å². The van der Waals surface area contributed by atoms with Crippen molar-refractivity contribution in [2.45, 2.75) is 72.6 Å². The van der Waals surface area contributed by atoms with Crippen molar-refractivity contribution in [1.82, 2.24) is 0 Å². The van der Waals surface area contributed by atoms with Crippen LogP contribution in [0.5, 0.6) is 0 Å². The fourth-order valence-corrected chi connectivity index (χ4v) is 7.04. The summed E-state index contributed by atoms with van der Waals surface area (Å²) in [6.07, 6.45) is 9.45. The molecule has 0 saturated heterocycles. The molecule has 0 aromatic heterocycles. The first-order chi connectivity index (χ1) is 13.2. The molecule has 0 radical (unpaired) electrons. The summed E-state index contributed by atoms with van der Waals surface area (Å²) >= 11 is 0. The van der Waals surface area contributed by atoms with Gasteiger partial charge in [-0.25, -0.2) is 0 Å². The fourth-order valence-electron chi connectivity index (χ4n) is 5.61. The minimum absolute atomic E-state index is 0.179. The van der Waals surface area contributed by atoms with Gasteiger partial charge in [-0.3, -0.25) is 8.88 Å². The second-order valence-electron chi connectivity index (χ2n) is 9.15. The average Bonchev–Trinajstić information content (AvgIpc) is 3.01. The Labute approximate surface area is 174 Å². The normalized spacial score (nSPS) is 35.2. The summed E-state index contributed by atoms with van der Waals surface area (Å²) in [5, 5.41) is 0. The molecule has 2 rings (SSSR count). The van der Waals surface area contributed by atoms with Crippen molar-refractivity contribution < 1.29 is 32.6 Å². The number of hydrogen-bond donors (Lipinski definition) is 0. The SMILES string of the molecule is C=C(C)[C@]12CCC[C@H]1[C@](C)(CC/C(C)=C/COP(=O)([O-])OP(=O)([O-])[O-])[C@H](C)CC2. The Morgan fingerprint density at radius 3 is 2.45 bits per heavy atom. The molecule has 168 valence electrons. The van der Waals surface area contributed by atoms with Crippen molar-refractivity contribution in [3.05, 3.63) is 23.8 Å². The summed E-state index contributed by atoms with van der Waals surface area (Å²) in [6, 6.07) is 0. The third kappa shape index (κ3) is 5.92. The highest BCUT2D eigenvalue weighted by Gasteiger charge is 2.56. The lowest BCUT2D eigenvalue weighted by Crippen LogP contribution is -2.47. The summed E-state index contributed by atoms with van der Waals surface area (Å²) < 4.78 is 29.7. The highest BCUT2D eigenvalue weighted by Crippen LogP contribution is 2.65. The molecule has 0 aromatic rings. The molecule has 2 aliphatic carbocycles. The summed E-state index contributed by atoms with van der Waals surface area (Å²) in [5.74, 6) is 1.21. The lowest BCUT2D eigenvalue weighted by molar-refractivity contribution is -0.339. The molecule has 0 amide bonds. The van der Waals surface area contributed by atoms with E-state index in [0.29, 0.717) is 11.8 Å². The Bertz CT molecular complexity index is 743. The lowest BCUT2D eigenvalue weighted by Gasteiger charge is -2.55. The molecule has 2 saturated carbocycles. The van der Waals surface area contributed by atoms with E-state index in [1.165, 1.54) is 37.7 Å².